The number of carbonyl (C=O) groups excluding carboxylic acids is 1. The summed E-state index contributed by atoms with van der Waals surface area (Å²) in [6.45, 7) is 1.39. The number of para-hydroxylation sites is 3. The number of nitrogens with zero attached hydrogens (tertiary/aromatic N) is 4. The van der Waals surface area contributed by atoms with Crippen molar-refractivity contribution in [3.05, 3.63) is 78.9 Å². The Bertz CT molecular complexity index is 1020. The van der Waals surface area contributed by atoms with Crippen LogP contribution in [0.1, 0.15) is 16.9 Å². The van der Waals surface area contributed by atoms with Crippen LogP contribution < -0.4 is 5.32 Å². The average molecular weight is 345 g/mol. The number of rotatable bonds is 6. The lowest BCUT2D eigenvalue weighted by molar-refractivity contribution is 0.0947. The smallest absolute Gasteiger partial charge is 0.271 e. The van der Waals surface area contributed by atoms with Gasteiger partial charge in [-0.2, -0.15) is 5.10 Å². The van der Waals surface area contributed by atoms with Gasteiger partial charge in [-0.1, -0.05) is 30.3 Å². The van der Waals surface area contributed by atoms with E-state index in [0.717, 1.165) is 29.7 Å². The first-order valence-electron chi connectivity index (χ1n) is 8.60. The summed E-state index contributed by atoms with van der Waals surface area (Å²) in [5, 5.41) is 7.27. The number of imidazole rings is 1. The van der Waals surface area contributed by atoms with Crippen LogP contribution in [-0.4, -0.2) is 31.8 Å². The summed E-state index contributed by atoms with van der Waals surface area (Å²) in [4.78, 5) is 16.6. The number of benzene rings is 2. The summed E-state index contributed by atoms with van der Waals surface area (Å²) in [5.41, 5.74) is 3.45. The van der Waals surface area contributed by atoms with E-state index in [1.165, 1.54) is 0 Å². The number of hydrogen-bond acceptors (Lipinski definition) is 3. The molecule has 130 valence electrons. The molecule has 6 heteroatoms. The van der Waals surface area contributed by atoms with E-state index < -0.39 is 0 Å². The maximum atomic E-state index is 12.3. The summed E-state index contributed by atoms with van der Waals surface area (Å²) < 4.78 is 3.80. The van der Waals surface area contributed by atoms with E-state index in [9.17, 15) is 4.79 Å². The van der Waals surface area contributed by atoms with E-state index in [0.29, 0.717) is 12.2 Å². The quantitative estimate of drug-likeness (QED) is 0.546. The average Bonchev–Trinajstić information content (AvgIpc) is 3.33. The van der Waals surface area contributed by atoms with E-state index in [1.54, 1.807) is 16.9 Å². The minimum atomic E-state index is -0.157. The largest absolute Gasteiger partial charge is 0.351 e. The van der Waals surface area contributed by atoms with Gasteiger partial charge in [0.15, 0.2) is 5.69 Å². The topological polar surface area (TPSA) is 64.7 Å². The van der Waals surface area contributed by atoms with Crippen molar-refractivity contribution in [3.63, 3.8) is 0 Å². The molecule has 2 aromatic carbocycles. The molecule has 0 atom stereocenters. The molecular weight excluding hydrogens is 326 g/mol. The maximum Gasteiger partial charge on any atom is 0.271 e. The second kappa shape index (κ2) is 7.23. The molecule has 0 unspecified atom stereocenters. The van der Waals surface area contributed by atoms with E-state index >= 15 is 0 Å². The highest BCUT2D eigenvalue weighted by Crippen LogP contribution is 2.12. The second-order valence-corrected chi connectivity index (χ2v) is 6.02. The Morgan fingerprint density at radius 3 is 2.69 bits per heavy atom. The molecule has 1 N–H and O–H groups in total. The SMILES string of the molecule is O=C(NCCCn1cnc2ccccc21)c1ccn(-c2ccccc2)n1. The monoisotopic (exact) mass is 345 g/mol. The molecule has 2 heterocycles. The van der Waals surface area contributed by atoms with Crippen molar-refractivity contribution in [3.8, 4) is 5.69 Å². The zero-order chi connectivity index (χ0) is 17.8. The lowest BCUT2D eigenvalue weighted by atomic mass is 10.3. The summed E-state index contributed by atoms with van der Waals surface area (Å²) in [6.07, 6.45) is 4.46. The van der Waals surface area contributed by atoms with E-state index in [4.69, 9.17) is 0 Å². The van der Waals surface area contributed by atoms with E-state index in [-0.39, 0.29) is 5.91 Å². The molecule has 0 radical (unpaired) electrons. The number of nitrogens with one attached hydrogen (secondary N) is 1. The van der Waals surface area contributed by atoms with Gasteiger partial charge in [0.1, 0.15) is 0 Å². The van der Waals surface area contributed by atoms with Gasteiger partial charge in [0.05, 0.1) is 23.0 Å². The van der Waals surface area contributed by atoms with Crippen LogP contribution in [0.15, 0.2) is 73.2 Å². The molecular formula is C20H19N5O. The van der Waals surface area contributed by atoms with Gasteiger partial charge in [-0.3, -0.25) is 4.79 Å². The third-order valence-electron chi connectivity index (χ3n) is 4.23. The van der Waals surface area contributed by atoms with Crippen molar-refractivity contribution in [1.82, 2.24) is 24.6 Å². The fraction of sp³-hybridized carbons (Fsp3) is 0.150. The maximum absolute atomic E-state index is 12.3. The predicted molar refractivity (Wildman–Crippen MR) is 100 cm³/mol. The Morgan fingerprint density at radius 1 is 1.00 bits per heavy atom. The minimum Gasteiger partial charge on any atom is -0.351 e. The Kier molecular flexibility index (Phi) is 4.47. The highest BCUT2D eigenvalue weighted by atomic mass is 16.1. The standard InChI is InChI=1S/C20H19N5O/c26-20(18-11-14-25(23-18)16-7-2-1-3-8-16)21-12-6-13-24-15-22-17-9-4-5-10-19(17)24/h1-5,7-11,14-15H,6,12-13H2,(H,21,26). The molecule has 0 fully saturated rings. The first kappa shape index (κ1) is 16.1. The zero-order valence-corrected chi connectivity index (χ0v) is 14.2. The fourth-order valence-corrected chi connectivity index (χ4v) is 2.90. The van der Waals surface area contributed by atoms with Crippen LogP contribution in [0.5, 0.6) is 0 Å². The molecule has 4 rings (SSSR count). The molecule has 26 heavy (non-hydrogen) atoms. The molecule has 0 aliphatic rings. The lowest BCUT2D eigenvalue weighted by Gasteiger charge is -2.05. The van der Waals surface area contributed by atoms with Crippen LogP contribution in [0, 0.1) is 0 Å². The van der Waals surface area contributed by atoms with Gasteiger partial charge in [0.25, 0.3) is 5.91 Å². The van der Waals surface area contributed by atoms with Crippen LogP contribution in [0.2, 0.25) is 0 Å². The number of hydrogen-bond donors (Lipinski definition) is 1. The summed E-state index contributed by atoms with van der Waals surface area (Å²) in [5.74, 6) is -0.157. The van der Waals surface area contributed by atoms with Crippen LogP contribution in [0.4, 0.5) is 0 Å². The zero-order valence-electron chi connectivity index (χ0n) is 14.2. The number of aromatic nitrogens is 4. The lowest BCUT2D eigenvalue weighted by Crippen LogP contribution is -2.25. The van der Waals surface area contributed by atoms with Crippen molar-refractivity contribution in [2.45, 2.75) is 13.0 Å². The minimum absolute atomic E-state index is 0.157. The molecule has 0 saturated heterocycles. The first-order valence-corrected chi connectivity index (χ1v) is 8.60. The third kappa shape index (κ3) is 3.35. The van der Waals surface area contributed by atoms with Gasteiger partial charge < -0.3 is 9.88 Å². The van der Waals surface area contributed by atoms with Crippen LogP contribution >= 0.6 is 0 Å². The number of fused-ring (bicyclic) bond motifs is 1. The van der Waals surface area contributed by atoms with Gasteiger partial charge in [-0.15, -0.1) is 0 Å². The van der Waals surface area contributed by atoms with Crippen LogP contribution in [0.3, 0.4) is 0 Å². The molecule has 2 aromatic heterocycles. The number of amides is 1. The molecule has 0 saturated carbocycles. The predicted octanol–water partition coefficient (Wildman–Crippen LogP) is 3.04. The Hall–Kier alpha value is -3.41. The highest BCUT2D eigenvalue weighted by Gasteiger charge is 2.09. The molecule has 0 aliphatic carbocycles. The molecule has 0 spiro atoms. The van der Waals surface area contributed by atoms with Crippen LogP contribution in [-0.2, 0) is 6.54 Å². The van der Waals surface area contributed by atoms with Crippen molar-refractivity contribution >= 4 is 16.9 Å². The molecule has 4 aromatic rings. The second-order valence-electron chi connectivity index (χ2n) is 6.02. The van der Waals surface area contributed by atoms with Crippen molar-refractivity contribution in [1.29, 1.82) is 0 Å². The van der Waals surface area contributed by atoms with E-state index in [1.807, 2.05) is 54.9 Å². The van der Waals surface area contributed by atoms with Crippen LogP contribution in [0.25, 0.3) is 16.7 Å². The van der Waals surface area contributed by atoms with Crippen molar-refractivity contribution in [2.24, 2.45) is 0 Å². The normalized spacial score (nSPS) is 10.9. The molecule has 0 aliphatic heterocycles. The number of carbonyl (C=O) groups is 1. The van der Waals surface area contributed by atoms with Gasteiger partial charge >= 0.3 is 0 Å². The Balaban J connectivity index is 1.31. The molecule has 1 amide bonds. The van der Waals surface area contributed by atoms with Crippen molar-refractivity contribution in [2.75, 3.05) is 6.54 Å². The fourth-order valence-electron chi connectivity index (χ4n) is 2.90. The van der Waals surface area contributed by atoms with Gasteiger partial charge in [0.2, 0.25) is 0 Å². The van der Waals surface area contributed by atoms with Gasteiger partial charge in [-0.25, -0.2) is 9.67 Å². The Morgan fingerprint density at radius 2 is 1.81 bits per heavy atom. The summed E-state index contributed by atoms with van der Waals surface area (Å²) in [7, 11) is 0. The van der Waals surface area contributed by atoms with Gasteiger partial charge in [0, 0.05) is 19.3 Å². The van der Waals surface area contributed by atoms with E-state index in [2.05, 4.69) is 26.0 Å². The third-order valence-corrected chi connectivity index (χ3v) is 4.23. The highest BCUT2D eigenvalue weighted by molar-refractivity contribution is 5.92. The van der Waals surface area contributed by atoms with Gasteiger partial charge in [-0.05, 0) is 36.8 Å². The van der Waals surface area contributed by atoms with Crippen molar-refractivity contribution < 1.29 is 4.79 Å². The molecule has 6 nitrogen and oxygen atoms in total. The first-order chi connectivity index (χ1) is 12.8. The Labute approximate surface area is 151 Å². The number of aryl methyl sites for hydroxylation is 1. The molecule has 0 bridgehead atoms. The summed E-state index contributed by atoms with van der Waals surface area (Å²) >= 11 is 0. The summed E-state index contributed by atoms with van der Waals surface area (Å²) in [6, 6.07) is 19.5.